The second-order valence-electron chi connectivity index (χ2n) is 20.6. The van der Waals surface area contributed by atoms with Crippen LogP contribution in [0.15, 0.2) is 60.8 Å². The minimum absolute atomic E-state index is 0.0780. The molecule has 0 saturated carbocycles. The molecule has 1 unspecified atom stereocenters. The number of unbranched alkanes of at least 4 members (excludes halogenated alkanes) is 36. The van der Waals surface area contributed by atoms with Crippen molar-refractivity contribution in [1.82, 2.24) is 0 Å². The van der Waals surface area contributed by atoms with Gasteiger partial charge >= 0.3 is 11.9 Å². The zero-order valence-corrected chi connectivity index (χ0v) is 47.0. The minimum atomic E-state index is -0.548. The highest BCUT2D eigenvalue weighted by Gasteiger charge is 2.17. The molecule has 0 aromatic rings. The van der Waals surface area contributed by atoms with Gasteiger partial charge in [-0.15, -0.1) is 0 Å². The summed E-state index contributed by atoms with van der Waals surface area (Å²) in [6.45, 7) is 7.74. The predicted octanol–water partition coefficient (Wildman–Crippen LogP) is 21.2. The van der Waals surface area contributed by atoms with Gasteiger partial charge in [-0.1, -0.05) is 261 Å². The summed E-state index contributed by atoms with van der Waals surface area (Å²) in [5.41, 5.74) is 0. The molecule has 0 heterocycles. The molecule has 5 nitrogen and oxygen atoms in total. The molecule has 5 heteroatoms. The number of allylic oxidation sites excluding steroid dienone is 10. The number of hydrogen-bond acceptors (Lipinski definition) is 5. The Morgan fingerprint density at radius 1 is 0.329 bits per heavy atom. The Labute approximate surface area is 436 Å². The Kier molecular flexibility index (Phi) is 58.8. The van der Waals surface area contributed by atoms with Gasteiger partial charge in [0.2, 0.25) is 0 Å². The number of carbonyl (C=O) groups is 2. The van der Waals surface area contributed by atoms with E-state index in [0.717, 1.165) is 70.6 Å². The monoisotopic (exact) mass is 979 g/mol. The standard InChI is InChI=1S/C65H118O5/c1-4-7-10-13-16-19-22-25-28-30-32-34-36-39-42-45-48-51-54-57-60-68-61-63(70-65(67)59-56-53-50-47-44-41-37-27-24-21-18-15-12-9-6-3)62-69-64(66)58-55-52-49-46-43-40-38-35-33-31-29-26-23-20-17-14-11-8-5-2/h9,12,18,21,25-29,37,63H,4-8,10-11,13-17,19-20,22-24,30-36,38-62H2,1-3H3/b12-9-,21-18-,28-25-,29-26-,37-27-. The van der Waals surface area contributed by atoms with Crippen LogP contribution in [0, 0.1) is 0 Å². The van der Waals surface area contributed by atoms with Crippen LogP contribution in [0.5, 0.6) is 0 Å². The van der Waals surface area contributed by atoms with Crippen molar-refractivity contribution in [3.05, 3.63) is 60.8 Å². The van der Waals surface area contributed by atoms with E-state index >= 15 is 0 Å². The summed E-state index contributed by atoms with van der Waals surface area (Å²) < 4.78 is 17.5. The molecule has 408 valence electrons. The van der Waals surface area contributed by atoms with Crippen molar-refractivity contribution >= 4 is 11.9 Å². The van der Waals surface area contributed by atoms with E-state index in [4.69, 9.17) is 14.2 Å². The SMILES string of the molecule is CC/C=C\C/C=C\C/C=C\CCCCCCCC(=O)OC(COCCCCCCCCCCCC/C=C\CCCCCCCC)COC(=O)CCCCCCCCCCC/C=C\CCCCCCCC. The maximum Gasteiger partial charge on any atom is 0.306 e. The minimum Gasteiger partial charge on any atom is -0.462 e. The fraction of sp³-hybridized carbons (Fsp3) is 0.815. The van der Waals surface area contributed by atoms with Crippen LogP contribution in [0.2, 0.25) is 0 Å². The number of ether oxygens (including phenoxy) is 3. The topological polar surface area (TPSA) is 61.8 Å². The van der Waals surface area contributed by atoms with Crippen LogP contribution in [-0.2, 0) is 23.8 Å². The van der Waals surface area contributed by atoms with Gasteiger partial charge in [-0.05, 0) is 103 Å². The van der Waals surface area contributed by atoms with Crippen LogP contribution in [0.3, 0.4) is 0 Å². The van der Waals surface area contributed by atoms with Gasteiger partial charge in [-0.3, -0.25) is 9.59 Å². The van der Waals surface area contributed by atoms with Crippen molar-refractivity contribution in [3.8, 4) is 0 Å². The molecular weight excluding hydrogens is 861 g/mol. The molecular formula is C65H118O5. The Balaban J connectivity index is 4.25. The highest BCUT2D eigenvalue weighted by Crippen LogP contribution is 2.16. The molecule has 0 aliphatic rings. The first-order valence-electron chi connectivity index (χ1n) is 30.8. The van der Waals surface area contributed by atoms with Crippen molar-refractivity contribution in [3.63, 3.8) is 0 Å². The normalized spacial score (nSPS) is 12.6. The van der Waals surface area contributed by atoms with Gasteiger partial charge in [-0.25, -0.2) is 0 Å². The molecule has 0 bridgehead atoms. The van der Waals surface area contributed by atoms with E-state index in [1.165, 1.54) is 212 Å². The first kappa shape index (κ1) is 67.6. The Hall–Kier alpha value is -2.40. The summed E-state index contributed by atoms with van der Waals surface area (Å²) in [4.78, 5) is 25.6. The molecule has 0 saturated heterocycles. The average molecular weight is 980 g/mol. The zero-order valence-electron chi connectivity index (χ0n) is 47.0. The second kappa shape index (κ2) is 60.9. The molecule has 0 N–H and O–H groups in total. The summed E-state index contributed by atoms with van der Waals surface area (Å²) >= 11 is 0. The molecule has 0 spiro atoms. The van der Waals surface area contributed by atoms with Gasteiger partial charge in [0.1, 0.15) is 6.61 Å². The van der Waals surface area contributed by atoms with Crippen LogP contribution >= 0.6 is 0 Å². The van der Waals surface area contributed by atoms with Gasteiger partial charge in [0.15, 0.2) is 6.10 Å². The Bertz CT molecular complexity index is 1200. The van der Waals surface area contributed by atoms with E-state index in [1.54, 1.807) is 0 Å². The third-order valence-corrected chi connectivity index (χ3v) is 13.5. The largest absolute Gasteiger partial charge is 0.462 e. The van der Waals surface area contributed by atoms with Crippen LogP contribution in [0.1, 0.15) is 316 Å². The number of rotatable bonds is 57. The molecule has 0 aromatic carbocycles. The lowest BCUT2D eigenvalue weighted by atomic mass is 10.1. The summed E-state index contributed by atoms with van der Waals surface area (Å²) in [6.07, 6.45) is 78.3. The van der Waals surface area contributed by atoms with Crippen molar-refractivity contribution in [1.29, 1.82) is 0 Å². The molecule has 0 radical (unpaired) electrons. The van der Waals surface area contributed by atoms with E-state index in [1.807, 2.05) is 0 Å². The lowest BCUT2D eigenvalue weighted by Gasteiger charge is -2.18. The van der Waals surface area contributed by atoms with Gasteiger partial charge in [-0.2, -0.15) is 0 Å². The predicted molar refractivity (Wildman–Crippen MR) is 307 cm³/mol. The lowest BCUT2D eigenvalue weighted by molar-refractivity contribution is -0.163. The molecule has 0 aromatic heterocycles. The maximum atomic E-state index is 12.9. The quantitative estimate of drug-likeness (QED) is 0.0345. The van der Waals surface area contributed by atoms with Gasteiger partial charge in [0.25, 0.3) is 0 Å². The fourth-order valence-electron chi connectivity index (χ4n) is 8.93. The van der Waals surface area contributed by atoms with Crippen molar-refractivity contribution in [2.75, 3.05) is 19.8 Å². The summed E-state index contributed by atoms with van der Waals surface area (Å²) in [5.74, 6) is -0.406. The third kappa shape index (κ3) is 58.2. The summed E-state index contributed by atoms with van der Waals surface area (Å²) in [7, 11) is 0. The average Bonchev–Trinajstić information content (AvgIpc) is 3.36. The van der Waals surface area contributed by atoms with Crippen LogP contribution < -0.4 is 0 Å². The van der Waals surface area contributed by atoms with E-state index in [2.05, 4.69) is 81.5 Å². The van der Waals surface area contributed by atoms with Gasteiger partial charge in [0.05, 0.1) is 6.61 Å². The van der Waals surface area contributed by atoms with Crippen LogP contribution in [0.25, 0.3) is 0 Å². The molecule has 0 aliphatic heterocycles. The highest BCUT2D eigenvalue weighted by atomic mass is 16.6. The Morgan fingerprint density at radius 2 is 0.643 bits per heavy atom. The Morgan fingerprint density at radius 3 is 1.04 bits per heavy atom. The summed E-state index contributed by atoms with van der Waals surface area (Å²) in [6, 6.07) is 0. The zero-order chi connectivity index (χ0) is 50.6. The molecule has 0 rings (SSSR count). The van der Waals surface area contributed by atoms with Crippen molar-refractivity contribution in [2.45, 2.75) is 322 Å². The number of hydrogen-bond donors (Lipinski definition) is 0. The highest BCUT2D eigenvalue weighted by molar-refractivity contribution is 5.70. The lowest BCUT2D eigenvalue weighted by Crippen LogP contribution is -2.30. The van der Waals surface area contributed by atoms with Crippen molar-refractivity contribution < 1.29 is 23.8 Å². The van der Waals surface area contributed by atoms with Gasteiger partial charge in [0, 0.05) is 19.4 Å². The van der Waals surface area contributed by atoms with Crippen LogP contribution in [-0.4, -0.2) is 37.9 Å². The molecule has 0 aliphatic carbocycles. The number of carbonyl (C=O) groups excluding carboxylic acids is 2. The first-order valence-corrected chi connectivity index (χ1v) is 30.8. The van der Waals surface area contributed by atoms with Crippen LogP contribution in [0.4, 0.5) is 0 Å². The van der Waals surface area contributed by atoms with E-state index < -0.39 is 6.10 Å². The molecule has 1 atom stereocenters. The fourth-order valence-corrected chi connectivity index (χ4v) is 8.93. The van der Waals surface area contributed by atoms with Crippen molar-refractivity contribution in [2.24, 2.45) is 0 Å². The smallest absolute Gasteiger partial charge is 0.306 e. The van der Waals surface area contributed by atoms with E-state index in [-0.39, 0.29) is 25.2 Å². The number of esters is 2. The first-order chi connectivity index (χ1) is 34.6. The van der Waals surface area contributed by atoms with E-state index in [9.17, 15) is 9.59 Å². The van der Waals surface area contributed by atoms with E-state index in [0.29, 0.717) is 19.4 Å². The third-order valence-electron chi connectivity index (χ3n) is 13.5. The molecule has 0 fully saturated rings. The van der Waals surface area contributed by atoms with Gasteiger partial charge < -0.3 is 14.2 Å². The maximum absolute atomic E-state index is 12.9. The molecule has 70 heavy (non-hydrogen) atoms. The molecule has 0 amide bonds. The second-order valence-corrected chi connectivity index (χ2v) is 20.6. The summed E-state index contributed by atoms with van der Waals surface area (Å²) in [5, 5.41) is 0.